The summed E-state index contributed by atoms with van der Waals surface area (Å²) < 4.78 is 12.6. The van der Waals surface area contributed by atoms with Gasteiger partial charge >= 0.3 is 0 Å². The molecule has 0 saturated carbocycles. The number of rotatable bonds is 4. The number of unbranched alkanes of at least 4 members (excludes halogenated alkanes) is 1. The Kier molecular flexibility index (Phi) is 3.80. The number of hydrogen-bond acceptors (Lipinski definition) is 2. The molecule has 0 radical (unpaired) electrons. The van der Waals surface area contributed by atoms with Gasteiger partial charge in [0.2, 0.25) is 0 Å². The lowest BCUT2D eigenvalue weighted by Gasteiger charge is -2.13. The number of hydrogen-bond donors (Lipinski definition) is 1. The summed E-state index contributed by atoms with van der Waals surface area (Å²) in [6, 6.07) is 0. The first kappa shape index (κ1) is 8.94. The van der Waals surface area contributed by atoms with Crippen LogP contribution in [0.1, 0.15) is 19.3 Å². The highest BCUT2D eigenvalue weighted by Gasteiger charge is 2.20. The molecule has 2 N–H and O–H groups in total. The van der Waals surface area contributed by atoms with Gasteiger partial charge in [0.05, 0.1) is 0 Å². The van der Waals surface area contributed by atoms with Crippen LogP contribution in [-0.4, -0.2) is 37.3 Å². The second-order valence-electron chi connectivity index (χ2n) is 3.18. The molecule has 1 aliphatic rings. The van der Waals surface area contributed by atoms with Gasteiger partial charge in [-0.1, -0.05) is 0 Å². The van der Waals surface area contributed by atoms with Gasteiger partial charge in [0.15, 0.2) is 0 Å². The van der Waals surface area contributed by atoms with E-state index >= 15 is 0 Å². The van der Waals surface area contributed by atoms with Gasteiger partial charge in [-0.05, 0) is 32.4 Å². The fourth-order valence-electron chi connectivity index (χ4n) is 1.47. The third kappa shape index (κ3) is 3.16. The average molecular weight is 160 g/mol. The number of likely N-dealkylation sites (tertiary alicyclic amines) is 1. The summed E-state index contributed by atoms with van der Waals surface area (Å²) in [6.45, 7) is 3.36. The number of nitrogens with two attached hydrogens (primary N) is 1. The normalized spacial score (nSPS) is 26.2. The maximum Gasteiger partial charge on any atom is 0.114 e. The van der Waals surface area contributed by atoms with Crippen LogP contribution in [-0.2, 0) is 0 Å². The molecule has 0 aromatic rings. The average Bonchev–Trinajstić information content (AvgIpc) is 2.37. The Morgan fingerprint density at radius 3 is 2.82 bits per heavy atom. The first-order chi connectivity index (χ1) is 5.33. The Balaban J connectivity index is 1.99. The van der Waals surface area contributed by atoms with E-state index in [4.69, 9.17) is 5.73 Å². The van der Waals surface area contributed by atoms with E-state index in [0.717, 1.165) is 38.9 Å². The van der Waals surface area contributed by atoms with Gasteiger partial charge in [0.1, 0.15) is 6.17 Å². The van der Waals surface area contributed by atoms with Crippen molar-refractivity contribution in [2.45, 2.75) is 25.4 Å². The highest BCUT2D eigenvalue weighted by molar-refractivity contribution is 4.74. The number of halogens is 1. The fourth-order valence-corrected chi connectivity index (χ4v) is 1.47. The Bertz CT molecular complexity index is 108. The zero-order valence-corrected chi connectivity index (χ0v) is 6.93. The van der Waals surface area contributed by atoms with E-state index in [1.807, 2.05) is 0 Å². The Morgan fingerprint density at radius 2 is 2.27 bits per heavy atom. The summed E-state index contributed by atoms with van der Waals surface area (Å²) in [4.78, 5) is 2.18. The van der Waals surface area contributed by atoms with E-state index in [-0.39, 0.29) is 0 Å². The molecule has 2 nitrogen and oxygen atoms in total. The molecule has 66 valence electrons. The summed E-state index contributed by atoms with van der Waals surface area (Å²) in [6.07, 6.45) is 2.33. The van der Waals surface area contributed by atoms with Gasteiger partial charge in [-0.25, -0.2) is 4.39 Å². The maximum absolute atomic E-state index is 12.6. The topological polar surface area (TPSA) is 29.3 Å². The van der Waals surface area contributed by atoms with E-state index in [9.17, 15) is 4.39 Å². The molecule has 1 heterocycles. The van der Waals surface area contributed by atoms with Crippen molar-refractivity contribution < 1.29 is 4.39 Å². The van der Waals surface area contributed by atoms with Gasteiger partial charge in [0, 0.05) is 13.1 Å². The lowest BCUT2D eigenvalue weighted by molar-refractivity contribution is 0.284. The summed E-state index contributed by atoms with van der Waals surface area (Å²) >= 11 is 0. The molecule has 1 aliphatic heterocycles. The minimum absolute atomic E-state index is 0.576. The fraction of sp³-hybridized carbons (Fsp3) is 1.00. The molecule has 11 heavy (non-hydrogen) atoms. The van der Waals surface area contributed by atoms with Crippen molar-refractivity contribution >= 4 is 0 Å². The molecule has 1 fully saturated rings. The van der Waals surface area contributed by atoms with Crippen LogP contribution in [0.15, 0.2) is 0 Å². The molecule has 0 amide bonds. The van der Waals surface area contributed by atoms with Crippen molar-refractivity contribution in [3.63, 3.8) is 0 Å². The third-order valence-electron chi connectivity index (χ3n) is 2.14. The molecule has 1 atom stereocenters. The van der Waals surface area contributed by atoms with E-state index < -0.39 is 6.17 Å². The number of nitrogens with zero attached hydrogens (tertiary/aromatic N) is 1. The van der Waals surface area contributed by atoms with Crippen LogP contribution in [0.4, 0.5) is 4.39 Å². The summed E-state index contributed by atoms with van der Waals surface area (Å²) in [5, 5.41) is 0. The molecular weight excluding hydrogens is 143 g/mol. The van der Waals surface area contributed by atoms with Crippen LogP contribution >= 0.6 is 0 Å². The maximum atomic E-state index is 12.6. The van der Waals surface area contributed by atoms with E-state index in [1.54, 1.807) is 0 Å². The van der Waals surface area contributed by atoms with Crippen LogP contribution in [0.5, 0.6) is 0 Å². The van der Waals surface area contributed by atoms with Crippen molar-refractivity contribution in [2.24, 2.45) is 5.73 Å². The van der Waals surface area contributed by atoms with Crippen LogP contribution in [0, 0.1) is 0 Å². The van der Waals surface area contributed by atoms with Crippen LogP contribution < -0.4 is 5.73 Å². The SMILES string of the molecule is NCCCCN1CCC(F)C1. The quantitative estimate of drug-likeness (QED) is 0.615. The Morgan fingerprint density at radius 1 is 1.45 bits per heavy atom. The summed E-state index contributed by atoms with van der Waals surface area (Å²) in [5.74, 6) is 0. The van der Waals surface area contributed by atoms with E-state index in [2.05, 4.69) is 4.90 Å². The predicted molar refractivity (Wildman–Crippen MR) is 44.2 cm³/mol. The molecule has 1 saturated heterocycles. The molecule has 0 aromatic heterocycles. The number of alkyl halides is 1. The van der Waals surface area contributed by atoms with Gasteiger partial charge in [0.25, 0.3) is 0 Å². The zero-order chi connectivity index (χ0) is 8.10. The lowest BCUT2D eigenvalue weighted by atomic mass is 10.3. The molecule has 0 aliphatic carbocycles. The van der Waals surface area contributed by atoms with E-state index in [0.29, 0.717) is 6.54 Å². The van der Waals surface area contributed by atoms with Gasteiger partial charge in [-0.2, -0.15) is 0 Å². The zero-order valence-electron chi connectivity index (χ0n) is 6.93. The summed E-state index contributed by atoms with van der Waals surface area (Å²) in [7, 11) is 0. The first-order valence-electron chi connectivity index (χ1n) is 4.39. The predicted octanol–water partition coefficient (Wildman–Crippen LogP) is 0.769. The van der Waals surface area contributed by atoms with Crippen LogP contribution in [0.2, 0.25) is 0 Å². The second-order valence-corrected chi connectivity index (χ2v) is 3.18. The minimum atomic E-state index is -0.576. The standard InChI is InChI=1S/C8H17FN2/c9-8-3-6-11(7-8)5-2-1-4-10/h8H,1-7,10H2. The van der Waals surface area contributed by atoms with Gasteiger partial charge < -0.3 is 10.6 Å². The van der Waals surface area contributed by atoms with E-state index in [1.165, 1.54) is 0 Å². The molecule has 1 rings (SSSR count). The van der Waals surface area contributed by atoms with Crippen molar-refractivity contribution in [2.75, 3.05) is 26.2 Å². The first-order valence-corrected chi connectivity index (χ1v) is 4.39. The molecule has 0 aromatic carbocycles. The monoisotopic (exact) mass is 160 g/mol. The van der Waals surface area contributed by atoms with Crippen molar-refractivity contribution in [3.8, 4) is 0 Å². The molecule has 0 spiro atoms. The highest BCUT2D eigenvalue weighted by atomic mass is 19.1. The van der Waals surface area contributed by atoms with Gasteiger partial charge in [-0.3, -0.25) is 0 Å². The minimum Gasteiger partial charge on any atom is -0.330 e. The van der Waals surface area contributed by atoms with Crippen molar-refractivity contribution in [1.82, 2.24) is 4.90 Å². The van der Waals surface area contributed by atoms with Crippen LogP contribution in [0.3, 0.4) is 0 Å². The smallest absolute Gasteiger partial charge is 0.114 e. The Labute approximate surface area is 67.6 Å². The molecule has 3 heteroatoms. The Hall–Kier alpha value is -0.150. The summed E-state index contributed by atoms with van der Waals surface area (Å²) in [5.41, 5.74) is 5.35. The van der Waals surface area contributed by atoms with Crippen LogP contribution in [0.25, 0.3) is 0 Å². The lowest BCUT2D eigenvalue weighted by Crippen LogP contribution is -2.22. The molecular formula is C8H17FN2. The molecule has 1 unspecified atom stereocenters. The molecule has 0 bridgehead atoms. The largest absolute Gasteiger partial charge is 0.330 e. The van der Waals surface area contributed by atoms with Crippen molar-refractivity contribution in [3.05, 3.63) is 0 Å². The third-order valence-corrected chi connectivity index (χ3v) is 2.14. The second kappa shape index (κ2) is 4.67. The highest BCUT2D eigenvalue weighted by Crippen LogP contribution is 2.12. The van der Waals surface area contributed by atoms with Crippen molar-refractivity contribution in [1.29, 1.82) is 0 Å². The van der Waals surface area contributed by atoms with Gasteiger partial charge in [-0.15, -0.1) is 0 Å².